The molecule has 0 spiro atoms. The van der Waals surface area contributed by atoms with Crippen molar-refractivity contribution in [2.45, 2.75) is 45.6 Å². The molecule has 4 heteroatoms. The van der Waals surface area contributed by atoms with Gasteiger partial charge < -0.3 is 9.64 Å². The third-order valence-electron chi connectivity index (χ3n) is 3.52. The number of halogens is 1. The van der Waals surface area contributed by atoms with E-state index in [0.717, 1.165) is 18.0 Å². The summed E-state index contributed by atoms with van der Waals surface area (Å²) in [6.45, 7) is 9.20. The number of carbonyl (C=O) groups excluding carboxylic acids is 1. The molecule has 0 aliphatic carbocycles. The predicted octanol–water partition coefficient (Wildman–Crippen LogP) is 4.37. The fraction of sp³-hybridized carbons (Fsp3) is 0.562. The van der Waals surface area contributed by atoms with Crippen LogP contribution in [0.4, 0.5) is 4.79 Å². The average molecular weight is 296 g/mol. The minimum absolute atomic E-state index is 0.223. The Hall–Kier alpha value is -1.22. The Labute approximate surface area is 125 Å². The molecule has 0 N–H and O–H groups in total. The molecule has 1 aliphatic heterocycles. The fourth-order valence-electron chi connectivity index (χ4n) is 2.56. The van der Waals surface area contributed by atoms with Gasteiger partial charge in [0.15, 0.2) is 0 Å². The van der Waals surface area contributed by atoms with E-state index in [4.69, 9.17) is 16.3 Å². The second kappa shape index (κ2) is 5.65. The Bertz CT molecular complexity index is 508. The van der Waals surface area contributed by atoms with Gasteiger partial charge in [-0.15, -0.1) is 0 Å². The average Bonchev–Trinajstić information content (AvgIpc) is 2.79. The number of hydrogen-bond donors (Lipinski definition) is 0. The Balaban J connectivity index is 2.05. The van der Waals surface area contributed by atoms with E-state index in [-0.39, 0.29) is 6.09 Å². The van der Waals surface area contributed by atoms with Gasteiger partial charge in [0.2, 0.25) is 0 Å². The van der Waals surface area contributed by atoms with Crippen LogP contribution in [0, 0.1) is 6.92 Å². The molecule has 0 radical (unpaired) electrons. The lowest BCUT2D eigenvalue weighted by Crippen LogP contribution is -2.35. The summed E-state index contributed by atoms with van der Waals surface area (Å²) in [6, 6.07) is 5.95. The summed E-state index contributed by atoms with van der Waals surface area (Å²) in [5, 5.41) is 0.751. The zero-order valence-electron chi connectivity index (χ0n) is 12.6. The molecule has 1 aromatic rings. The molecule has 0 aromatic heterocycles. The van der Waals surface area contributed by atoms with Crippen molar-refractivity contribution in [1.82, 2.24) is 4.90 Å². The minimum atomic E-state index is -0.443. The number of benzene rings is 1. The number of amides is 1. The van der Waals surface area contributed by atoms with Crippen LogP contribution in [0.25, 0.3) is 0 Å². The SMILES string of the molecule is Cc1ccc(Cl)cc1C1CCN(C(=O)OC(C)(C)C)C1. The van der Waals surface area contributed by atoms with Crippen LogP contribution >= 0.6 is 11.6 Å². The normalized spacial score (nSPS) is 19.2. The van der Waals surface area contributed by atoms with Gasteiger partial charge in [-0.25, -0.2) is 4.79 Å². The Morgan fingerprint density at radius 2 is 2.10 bits per heavy atom. The number of hydrogen-bond acceptors (Lipinski definition) is 2. The van der Waals surface area contributed by atoms with Gasteiger partial charge in [0.1, 0.15) is 5.60 Å². The van der Waals surface area contributed by atoms with Crippen molar-refractivity contribution >= 4 is 17.7 Å². The monoisotopic (exact) mass is 295 g/mol. The largest absolute Gasteiger partial charge is 0.444 e. The quantitative estimate of drug-likeness (QED) is 0.770. The molecule has 1 saturated heterocycles. The van der Waals surface area contributed by atoms with Crippen LogP contribution in [0.15, 0.2) is 18.2 Å². The molecule has 2 rings (SSSR count). The van der Waals surface area contributed by atoms with Crippen LogP contribution in [-0.4, -0.2) is 29.7 Å². The van der Waals surface area contributed by atoms with Crippen molar-refractivity contribution in [2.75, 3.05) is 13.1 Å². The number of likely N-dealkylation sites (tertiary alicyclic amines) is 1. The molecule has 1 fully saturated rings. The molecule has 1 atom stereocenters. The van der Waals surface area contributed by atoms with E-state index in [9.17, 15) is 4.79 Å². The van der Waals surface area contributed by atoms with Crippen molar-refractivity contribution in [2.24, 2.45) is 0 Å². The maximum atomic E-state index is 12.1. The predicted molar refractivity (Wildman–Crippen MR) is 81.4 cm³/mol. The summed E-state index contributed by atoms with van der Waals surface area (Å²) in [4.78, 5) is 13.9. The van der Waals surface area contributed by atoms with Crippen molar-refractivity contribution in [3.8, 4) is 0 Å². The van der Waals surface area contributed by atoms with E-state index in [1.165, 1.54) is 11.1 Å². The molecule has 20 heavy (non-hydrogen) atoms. The molecule has 110 valence electrons. The molecule has 1 amide bonds. The molecule has 1 heterocycles. The van der Waals surface area contributed by atoms with Crippen LogP contribution in [-0.2, 0) is 4.74 Å². The lowest BCUT2D eigenvalue weighted by molar-refractivity contribution is 0.0292. The standard InChI is InChI=1S/C16H22ClNO2/c1-11-5-6-13(17)9-14(11)12-7-8-18(10-12)15(19)20-16(2,3)4/h5-6,9,12H,7-8,10H2,1-4H3. The second-order valence-corrected chi connectivity index (χ2v) is 6.85. The fourth-order valence-corrected chi connectivity index (χ4v) is 2.74. The van der Waals surface area contributed by atoms with Gasteiger partial charge in [-0.05, 0) is 57.4 Å². The van der Waals surface area contributed by atoms with Crippen molar-refractivity contribution in [3.63, 3.8) is 0 Å². The number of nitrogens with zero attached hydrogens (tertiary/aromatic N) is 1. The van der Waals surface area contributed by atoms with Crippen molar-refractivity contribution < 1.29 is 9.53 Å². The van der Waals surface area contributed by atoms with Crippen LogP contribution < -0.4 is 0 Å². The zero-order valence-corrected chi connectivity index (χ0v) is 13.3. The van der Waals surface area contributed by atoms with Gasteiger partial charge in [-0.2, -0.15) is 0 Å². The Kier molecular flexibility index (Phi) is 4.28. The number of carbonyl (C=O) groups is 1. The molecule has 1 aliphatic rings. The summed E-state index contributed by atoms with van der Waals surface area (Å²) in [7, 11) is 0. The van der Waals surface area contributed by atoms with Gasteiger partial charge in [0, 0.05) is 24.0 Å². The maximum Gasteiger partial charge on any atom is 0.410 e. The highest BCUT2D eigenvalue weighted by atomic mass is 35.5. The molecule has 1 aromatic carbocycles. The van der Waals surface area contributed by atoms with Gasteiger partial charge in [0.05, 0.1) is 0 Å². The highest BCUT2D eigenvalue weighted by Gasteiger charge is 2.31. The van der Waals surface area contributed by atoms with Crippen LogP contribution in [0.1, 0.15) is 44.2 Å². The second-order valence-electron chi connectivity index (χ2n) is 6.41. The molecule has 0 saturated carbocycles. The maximum absolute atomic E-state index is 12.1. The topological polar surface area (TPSA) is 29.5 Å². The highest BCUT2D eigenvalue weighted by Crippen LogP contribution is 2.31. The van der Waals surface area contributed by atoms with Crippen LogP contribution in [0.2, 0.25) is 5.02 Å². The van der Waals surface area contributed by atoms with Gasteiger partial charge in [-0.1, -0.05) is 17.7 Å². The Morgan fingerprint density at radius 1 is 1.40 bits per heavy atom. The first kappa shape index (κ1) is 15.2. The lowest BCUT2D eigenvalue weighted by atomic mass is 9.94. The smallest absolute Gasteiger partial charge is 0.410 e. The first-order valence-electron chi connectivity index (χ1n) is 7.00. The molecular weight excluding hydrogens is 274 g/mol. The number of ether oxygens (including phenoxy) is 1. The first-order chi connectivity index (χ1) is 9.26. The van der Waals surface area contributed by atoms with E-state index in [1.807, 2.05) is 39.0 Å². The number of aryl methyl sites for hydroxylation is 1. The van der Waals surface area contributed by atoms with Gasteiger partial charge >= 0.3 is 6.09 Å². The summed E-state index contributed by atoms with van der Waals surface area (Å²) in [5.74, 6) is 0.348. The summed E-state index contributed by atoms with van der Waals surface area (Å²) >= 11 is 6.08. The molecular formula is C16H22ClNO2. The summed E-state index contributed by atoms with van der Waals surface area (Å²) < 4.78 is 5.42. The molecule has 1 unspecified atom stereocenters. The van der Waals surface area contributed by atoms with E-state index < -0.39 is 5.60 Å². The number of rotatable bonds is 1. The van der Waals surface area contributed by atoms with E-state index >= 15 is 0 Å². The van der Waals surface area contributed by atoms with Gasteiger partial charge in [-0.3, -0.25) is 0 Å². The zero-order chi connectivity index (χ0) is 14.9. The summed E-state index contributed by atoms with van der Waals surface area (Å²) in [5.41, 5.74) is 2.02. The van der Waals surface area contributed by atoms with Crippen molar-refractivity contribution in [3.05, 3.63) is 34.3 Å². The van der Waals surface area contributed by atoms with Crippen molar-refractivity contribution in [1.29, 1.82) is 0 Å². The van der Waals surface area contributed by atoms with E-state index in [2.05, 4.69) is 6.92 Å². The third kappa shape index (κ3) is 3.66. The first-order valence-corrected chi connectivity index (χ1v) is 7.38. The summed E-state index contributed by atoms with van der Waals surface area (Å²) in [6.07, 6.45) is 0.736. The highest BCUT2D eigenvalue weighted by molar-refractivity contribution is 6.30. The van der Waals surface area contributed by atoms with E-state index in [0.29, 0.717) is 12.5 Å². The minimum Gasteiger partial charge on any atom is -0.444 e. The van der Waals surface area contributed by atoms with Gasteiger partial charge in [0.25, 0.3) is 0 Å². The molecule has 0 bridgehead atoms. The molecule has 3 nitrogen and oxygen atoms in total. The van der Waals surface area contributed by atoms with Crippen LogP contribution in [0.5, 0.6) is 0 Å². The Morgan fingerprint density at radius 3 is 2.75 bits per heavy atom. The lowest BCUT2D eigenvalue weighted by Gasteiger charge is -2.24. The third-order valence-corrected chi connectivity index (χ3v) is 3.76. The van der Waals surface area contributed by atoms with E-state index in [1.54, 1.807) is 4.90 Å². The van der Waals surface area contributed by atoms with Crippen LogP contribution in [0.3, 0.4) is 0 Å².